The van der Waals surface area contributed by atoms with Crippen LogP contribution in [0.25, 0.3) is 0 Å². The summed E-state index contributed by atoms with van der Waals surface area (Å²) in [5.41, 5.74) is 2.54. The third-order valence-corrected chi connectivity index (χ3v) is 3.44. The SMILES string of the molecule is CCCCN(Cc1ccoc1CNC)c1ccccc1. The molecule has 0 saturated heterocycles. The van der Waals surface area contributed by atoms with Crippen molar-refractivity contribution in [2.24, 2.45) is 0 Å². The van der Waals surface area contributed by atoms with Crippen molar-refractivity contribution >= 4 is 5.69 Å². The van der Waals surface area contributed by atoms with E-state index in [0.717, 1.165) is 25.4 Å². The molecule has 2 aromatic rings. The van der Waals surface area contributed by atoms with Crippen LogP contribution in [0.5, 0.6) is 0 Å². The van der Waals surface area contributed by atoms with Gasteiger partial charge in [0.1, 0.15) is 5.76 Å². The van der Waals surface area contributed by atoms with E-state index in [4.69, 9.17) is 4.42 Å². The first-order valence-corrected chi connectivity index (χ1v) is 7.35. The Morgan fingerprint density at radius 2 is 1.95 bits per heavy atom. The summed E-state index contributed by atoms with van der Waals surface area (Å²) in [5, 5.41) is 3.15. The predicted molar refractivity (Wildman–Crippen MR) is 83.9 cm³/mol. The molecular formula is C17H24N2O. The van der Waals surface area contributed by atoms with E-state index in [-0.39, 0.29) is 0 Å². The van der Waals surface area contributed by atoms with Crippen LogP contribution in [0.4, 0.5) is 5.69 Å². The maximum atomic E-state index is 5.56. The Balaban J connectivity index is 2.13. The zero-order chi connectivity index (χ0) is 14.2. The first kappa shape index (κ1) is 14.7. The maximum Gasteiger partial charge on any atom is 0.122 e. The Kier molecular flexibility index (Phi) is 5.69. The first-order chi connectivity index (χ1) is 9.85. The summed E-state index contributed by atoms with van der Waals surface area (Å²) in [6, 6.07) is 12.7. The second-order valence-electron chi connectivity index (χ2n) is 5.01. The summed E-state index contributed by atoms with van der Waals surface area (Å²) in [6.07, 6.45) is 4.19. The van der Waals surface area contributed by atoms with Crippen molar-refractivity contribution in [2.45, 2.75) is 32.9 Å². The van der Waals surface area contributed by atoms with Crippen molar-refractivity contribution < 1.29 is 4.42 Å². The fraction of sp³-hybridized carbons (Fsp3) is 0.412. The minimum atomic E-state index is 0.777. The highest BCUT2D eigenvalue weighted by Crippen LogP contribution is 2.20. The van der Waals surface area contributed by atoms with Crippen LogP contribution >= 0.6 is 0 Å². The molecule has 108 valence electrons. The Hall–Kier alpha value is -1.74. The second-order valence-corrected chi connectivity index (χ2v) is 5.01. The molecule has 0 aliphatic rings. The third-order valence-electron chi connectivity index (χ3n) is 3.44. The van der Waals surface area contributed by atoms with E-state index < -0.39 is 0 Å². The van der Waals surface area contributed by atoms with Crippen LogP contribution in [-0.4, -0.2) is 13.6 Å². The van der Waals surface area contributed by atoms with Crippen LogP contribution in [-0.2, 0) is 13.1 Å². The lowest BCUT2D eigenvalue weighted by molar-refractivity contribution is 0.489. The lowest BCUT2D eigenvalue weighted by Crippen LogP contribution is -2.24. The van der Waals surface area contributed by atoms with Crippen molar-refractivity contribution in [3.63, 3.8) is 0 Å². The highest BCUT2D eigenvalue weighted by Gasteiger charge is 2.11. The summed E-state index contributed by atoms with van der Waals surface area (Å²) in [5.74, 6) is 1.03. The first-order valence-electron chi connectivity index (χ1n) is 7.35. The molecule has 1 N–H and O–H groups in total. The van der Waals surface area contributed by atoms with Gasteiger partial charge >= 0.3 is 0 Å². The van der Waals surface area contributed by atoms with E-state index in [1.54, 1.807) is 6.26 Å². The number of rotatable bonds is 8. The van der Waals surface area contributed by atoms with Crippen LogP contribution in [0, 0.1) is 0 Å². The molecule has 1 aromatic heterocycles. The molecule has 0 spiro atoms. The lowest BCUT2D eigenvalue weighted by atomic mass is 10.2. The van der Waals surface area contributed by atoms with Crippen molar-refractivity contribution in [3.05, 3.63) is 54.0 Å². The van der Waals surface area contributed by atoms with E-state index in [9.17, 15) is 0 Å². The summed E-state index contributed by atoms with van der Waals surface area (Å²) in [6.45, 7) is 4.98. The smallest absolute Gasteiger partial charge is 0.122 e. The van der Waals surface area contributed by atoms with Crippen molar-refractivity contribution in [1.29, 1.82) is 0 Å². The summed E-state index contributed by atoms with van der Waals surface area (Å²) in [4.78, 5) is 2.42. The normalized spacial score (nSPS) is 10.7. The van der Waals surface area contributed by atoms with Gasteiger partial charge in [0.2, 0.25) is 0 Å². The number of benzene rings is 1. The predicted octanol–water partition coefficient (Wildman–Crippen LogP) is 3.81. The number of hydrogen-bond acceptors (Lipinski definition) is 3. The molecule has 1 aromatic carbocycles. The maximum absolute atomic E-state index is 5.56. The quantitative estimate of drug-likeness (QED) is 0.792. The number of anilines is 1. The molecule has 0 bridgehead atoms. The molecular weight excluding hydrogens is 248 g/mol. The molecule has 0 saturated carbocycles. The standard InChI is InChI=1S/C17H24N2O/c1-3-4-11-19(16-8-6-5-7-9-16)14-15-10-12-20-17(15)13-18-2/h5-10,12,18H,3-4,11,13-14H2,1-2H3. The number of hydrogen-bond donors (Lipinski definition) is 1. The zero-order valence-electron chi connectivity index (χ0n) is 12.4. The van der Waals surface area contributed by atoms with Gasteiger partial charge in [0.05, 0.1) is 12.8 Å². The lowest BCUT2D eigenvalue weighted by Gasteiger charge is -2.24. The van der Waals surface area contributed by atoms with Crippen molar-refractivity contribution in [1.82, 2.24) is 5.32 Å². The van der Waals surface area contributed by atoms with Gasteiger partial charge in [0.15, 0.2) is 0 Å². The molecule has 3 nitrogen and oxygen atoms in total. The van der Waals surface area contributed by atoms with Crippen LogP contribution in [0.3, 0.4) is 0 Å². The van der Waals surface area contributed by atoms with Gasteiger partial charge in [0.25, 0.3) is 0 Å². The van der Waals surface area contributed by atoms with E-state index in [2.05, 4.69) is 53.5 Å². The second kappa shape index (κ2) is 7.75. The molecule has 3 heteroatoms. The van der Waals surface area contributed by atoms with Crippen molar-refractivity contribution in [3.8, 4) is 0 Å². The Labute approximate surface area is 121 Å². The molecule has 1 heterocycles. The molecule has 0 radical (unpaired) electrons. The van der Waals surface area contributed by atoms with E-state index in [0.29, 0.717) is 0 Å². The minimum Gasteiger partial charge on any atom is -0.468 e. The van der Waals surface area contributed by atoms with Crippen LogP contribution in [0.1, 0.15) is 31.1 Å². The van der Waals surface area contributed by atoms with Gasteiger partial charge in [-0.3, -0.25) is 0 Å². The van der Waals surface area contributed by atoms with Gasteiger partial charge in [-0.2, -0.15) is 0 Å². The molecule has 2 rings (SSSR count). The van der Waals surface area contributed by atoms with Gasteiger partial charge in [-0.1, -0.05) is 31.5 Å². The van der Waals surface area contributed by atoms with Crippen LogP contribution in [0.15, 0.2) is 47.1 Å². The average molecular weight is 272 g/mol. The largest absolute Gasteiger partial charge is 0.468 e. The molecule has 20 heavy (non-hydrogen) atoms. The average Bonchev–Trinajstić information content (AvgIpc) is 2.92. The summed E-state index contributed by atoms with van der Waals surface area (Å²) >= 11 is 0. The summed E-state index contributed by atoms with van der Waals surface area (Å²) in [7, 11) is 1.94. The number of nitrogens with one attached hydrogen (secondary N) is 1. The number of nitrogens with zero attached hydrogens (tertiary/aromatic N) is 1. The number of furan rings is 1. The van der Waals surface area contributed by atoms with Crippen LogP contribution in [0.2, 0.25) is 0 Å². The Morgan fingerprint density at radius 1 is 1.15 bits per heavy atom. The molecule has 0 atom stereocenters. The molecule has 0 aliphatic heterocycles. The highest BCUT2D eigenvalue weighted by atomic mass is 16.3. The van der Waals surface area contributed by atoms with Gasteiger partial charge in [-0.15, -0.1) is 0 Å². The zero-order valence-corrected chi connectivity index (χ0v) is 12.4. The highest BCUT2D eigenvalue weighted by molar-refractivity contribution is 5.46. The molecule has 0 amide bonds. The monoisotopic (exact) mass is 272 g/mol. The van der Waals surface area contributed by atoms with E-state index >= 15 is 0 Å². The van der Waals surface area contributed by atoms with Gasteiger partial charge in [-0.05, 0) is 31.7 Å². The van der Waals surface area contributed by atoms with E-state index in [1.807, 2.05) is 7.05 Å². The minimum absolute atomic E-state index is 0.777. The third kappa shape index (κ3) is 3.87. The summed E-state index contributed by atoms with van der Waals surface area (Å²) < 4.78 is 5.56. The number of unbranched alkanes of at least 4 members (excludes halogenated alkanes) is 1. The Bertz CT molecular complexity index is 493. The molecule has 0 unspecified atom stereocenters. The molecule has 0 aliphatic carbocycles. The van der Waals surface area contributed by atoms with Gasteiger partial charge in [-0.25, -0.2) is 0 Å². The Morgan fingerprint density at radius 3 is 2.65 bits per heavy atom. The molecule has 0 fully saturated rings. The van der Waals surface area contributed by atoms with Gasteiger partial charge < -0.3 is 14.6 Å². The fourth-order valence-electron chi connectivity index (χ4n) is 2.32. The van der Waals surface area contributed by atoms with E-state index in [1.165, 1.54) is 24.1 Å². The topological polar surface area (TPSA) is 28.4 Å². The number of para-hydroxylation sites is 1. The van der Waals surface area contributed by atoms with Gasteiger partial charge in [0, 0.05) is 24.3 Å². The van der Waals surface area contributed by atoms with Crippen LogP contribution < -0.4 is 10.2 Å². The van der Waals surface area contributed by atoms with Crippen molar-refractivity contribution in [2.75, 3.05) is 18.5 Å². The fourth-order valence-corrected chi connectivity index (χ4v) is 2.32.